The van der Waals surface area contributed by atoms with E-state index in [1.165, 1.54) is 0 Å². The summed E-state index contributed by atoms with van der Waals surface area (Å²) in [5, 5.41) is 0. The first kappa shape index (κ1) is 10.2. The number of morpholine rings is 1. The molecule has 4 heteroatoms. The van der Waals surface area contributed by atoms with Crippen LogP contribution in [0.5, 0.6) is 0 Å². The van der Waals surface area contributed by atoms with Gasteiger partial charge in [-0.3, -0.25) is 14.5 Å². The maximum Gasteiger partial charge on any atom is 0.327 e. The average Bonchev–Trinajstić information content (AvgIpc) is 2.02. The highest BCUT2D eigenvalue weighted by Crippen LogP contribution is 2.07. The first-order valence-electron chi connectivity index (χ1n) is 4.57. The SMILES string of the molecule is CCC(C)CN1CC(=O)OC(=O)C1. The van der Waals surface area contributed by atoms with E-state index in [9.17, 15) is 9.59 Å². The zero-order chi connectivity index (χ0) is 9.84. The normalized spacial score (nSPS) is 21.4. The van der Waals surface area contributed by atoms with Crippen molar-refractivity contribution in [2.75, 3.05) is 19.6 Å². The van der Waals surface area contributed by atoms with E-state index in [1.54, 1.807) is 0 Å². The predicted octanol–water partition coefficient (Wildman–Crippen LogP) is 0.418. The Kier molecular flexibility index (Phi) is 3.42. The van der Waals surface area contributed by atoms with E-state index >= 15 is 0 Å². The van der Waals surface area contributed by atoms with Crippen LogP contribution in [0.15, 0.2) is 0 Å². The van der Waals surface area contributed by atoms with Crippen LogP contribution in [-0.4, -0.2) is 36.5 Å². The van der Waals surface area contributed by atoms with Gasteiger partial charge in [-0.1, -0.05) is 20.3 Å². The van der Waals surface area contributed by atoms with E-state index in [0.717, 1.165) is 13.0 Å². The van der Waals surface area contributed by atoms with Crippen molar-refractivity contribution in [1.82, 2.24) is 4.90 Å². The Morgan fingerprint density at radius 3 is 2.38 bits per heavy atom. The average molecular weight is 185 g/mol. The number of rotatable bonds is 3. The van der Waals surface area contributed by atoms with Crippen LogP contribution in [0, 0.1) is 5.92 Å². The molecule has 0 aromatic rings. The molecular formula is C9H15NO3. The molecule has 0 bridgehead atoms. The Hall–Kier alpha value is -0.900. The molecule has 1 saturated heterocycles. The fourth-order valence-electron chi connectivity index (χ4n) is 1.31. The van der Waals surface area contributed by atoms with Crippen molar-refractivity contribution in [2.24, 2.45) is 5.92 Å². The Balaban J connectivity index is 2.41. The second-order valence-electron chi connectivity index (χ2n) is 3.53. The molecule has 0 aliphatic carbocycles. The highest BCUT2D eigenvalue weighted by molar-refractivity contribution is 5.90. The lowest BCUT2D eigenvalue weighted by atomic mass is 10.1. The number of cyclic esters (lactones) is 2. The standard InChI is InChI=1S/C9H15NO3/c1-3-7(2)4-10-5-8(11)13-9(12)6-10/h7H,3-6H2,1-2H3. The molecule has 0 aromatic carbocycles. The summed E-state index contributed by atoms with van der Waals surface area (Å²) >= 11 is 0. The third-order valence-corrected chi connectivity index (χ3v) is 2.20. The molecular weight excluding hydrogens is 170 g/mol. The van der Waals surface area contributed by atoms with Gasteiger partial charge in [0.2, 0.25) is 0 Å². The van der Waals surface area contributed by atoms with E-state index < -0.39 is 11.9 Å². The van der Waals surface area contributed by atoms with Crippen LogP contribution in [0.25, 0.3) is 0 Å². The van der Waals surface area contributed by atoms with Gasteiger partial charge in [0.15, 0.2) is 0 Å². The summed E-state index contributed by atoms with van der Waals surface area (Å²) in [7, 11) is 0. The number of carbonyl (C=O) groups is 2. The molecule has 0 amide bonds. The largest absolute Gasteiger partial charge is 0.391 e. The van der Waals surface area contributed by atoms with Gasteiger partial charge in [-0.25, -0.2) is 0 Å². The second-order valence-corrected chi connectivity index (χ2v) is 3.53. The lowest BCUT2D eigenvalue weighted by molar-refractivity contribution is -0.167. The summed E-state index contributed by atoms with van der Waals surface area (Å²) in [5.41, 5.74) is 0. The molecule has 1 aliphatic rings. The molecule has 0 radical (unpaired) electrons. The van der Waals surface area contributed by atoms with Crippen molar-refractivity contribution < 1.29 is 14.3 Å². The van der Waals surface area contributed by atoms with Gasteiger partial charge in [0, 0.05) is 6.54 Å². The van der Waals surface area contributed by atoms with Gasteiger partial charge >= 0.3 is 11.9 Å². The zero-order valence-corrected chi connectivity index (χ0v) is 8.08. The molecule has 1 unspecified atom stereocenters. The third-order valence-electron chi connectivity index (χ3n) is 2.20. The van der Waals surface area contributed by atoms with Crippen LogP contribution in [-0.2, 0) is 14.3 Å². The number of hydrogen-bond donors (Lipinski definition) is 0. The Labute approximate surface area is 77.8 Å². The van der Waals surface area contributed by atoms with Crippen LogP contribution < -0.4 is 0 Å². The van der Waals surface area contributed by atoms with Crippen LogP contribution >= 0.6 is 0 Å². The lowest BCUT2D eigenvalue weighted by Gasteiger charge is -2.26. The van der Waals surface area contributed by atoms with Gasteiger partial charge in [-0.05, 0) is 5.92 Å². The molecule has 1 heterocycles. The van der Waals surface area contributed by atoms with E-state index in [0.29, 0.717) is 5.92 Å². The summed E-state index contributed by atoms with van der Waals surface area (Å²) in [6.07, 6.45) is 1.06. The summed E-state index contributed by atoms with van der Waals surface area (Å²) in [6.45, 7) is 5.47. The van der Waals surface area contributed by atoms with Crippen molar-refractivity contribution in [2.45, 2.75) is 20.3 Å². The summed E-state index contributed by atoms with van der Waals surface area (Å²) < 4.78 is 4.41. The molecule has 0 saturated carbocycles. The summed E-state index contributed by atoms with van der Waals surface area (Å²) in [6, 6.07) is 0. The highest BCUT2D eigenvalue weighted by atomic mass is 16.6. The number of hydrogen-bond acceptors (Lipinski definition) is 4. The van der Waals surface area contributed by atoms with Gasteiger partial charge in [-0.2, -0.15) is 0 Å². The summed E-state index contributed by atoms with van der Waals surface area (Å²) in [4.78, 5) is 23.6. The predicted molar refractivity (Wildman–Crippen MR) is 47.0 cm³/mol. The second kappa shape index (κ2) is 4.37. The highest BCUT2D eigenvalue weighted by Gasteiger charge is 2.25. The number of esters is 2. The molecule has 0 N–H and O–H groups in total. The van der Waals surface area contributed by atoms with Gasteiger partial charge in [0.1, 0.15) is 0 Å². The molecule has 1 aliphatic heterocycles. The maximum absolute atomic E-state index is 10.9. The fraction of sp³-hybridized carbons (Fsp3) is 0.778. The zero-order valence-electron chi connectivity index (χ0n) is 8.08. The van der Waals surface area contributed by atoms with E-state index in [1.807, 2.05) is 4.90 Å². The van der Waals surface area contributed by atoms with E-state index in [2.05, 4.69) is 18.6 Å². The minimum Gasteiger partial charge on any atom is -0.391 e. The van der Waals surface area contributed by atoms with E-state index in [-0.39, 0.29) is 13.1 Å². The van der Waals surface area contributed by atoms with Crippen molar-refractivity contribution >= 4 is 11.9 Å². The fourth-order valence-corrected chi connectivity index (χ4v) is 1.31. The van der Waals surface area contributed by atoms with Gasteiger partial charge in [0.25, 0.3) is 0 Å². The molecule has 0 aromatic heterocycles. The topological polar surface area (TPSA) is 46.6 Å². The molecule has 1 rings (SSSR count). The molecule has 0 spiro atoms. The third kappa shape index (κ3) is 3.14. The molecule has 74 valence electrons. The monoisotopic (exact) mass is 185 g/mol. The quantitative estimate of drug-likeness (QED) is 0.472. The molecule has 4 nitrogen and oxygen atoms in total. The van der Waals surface area contributed by atoms with E-state index in [4.69, 9.17) is 0 Å². The molecule has 13 heavy (non-hydrogen) atoms. The van der Waals surface area contributed by atoms with Crippen molar-refractivity contribution in [3.63, 3.8) is 0 Å². The first-order valence-corrected chi connectivity index (χ1v) is 4.57. The first-order chi connectivity index (χ1) is 6.11. The molecule has 1 atom stereocenters. The Morgan fingerprint density at radius 1 is 1.38 bits per heavy atom. The number of carbonyl (C=O) groups excluding carboxylic acids is 2. The van der Waals surface area contributed by atoms with Crippen LogP contribution in [0.2, 0.25) is 0 Å². The van der Waals surface area contributed by atoms with Gasteiger partial charge < -0.3 is 4.74 Å². The Morgan fingerprint density at radius 2 is 1.92 bits per heavy atom. The van der Waals surface area contributed by atoms with Gasteiger partial charge in [-0.15, -0.1) is 0 Å². The summed E-state index contributed by atoms with van der Waals surface area (Å²) in [5.74, 6) is -0.349. The number of ether oxygens (including phenoxy) is 1. The van der Waals surface area contributed by atoms with Crippen molar-refractivity contribution in [3.05, 3.63) is 0 Å². The van der Waals surface area contributed by atoms with Crippen molar-refractivity contribution in [3.8, 4) is 0 Å². The van der Waals surface area contributed by atoms with Crippen LogP contribution in [0.3, 0.4) is 0 Å². The maximum atomic E-state index is 10.9. The minimum absolute atomic E-state index is 0.246. The Bertz CT molecular complexity index is 199. The van der Waals surface area contributed by atoms with Crippen LogP contribution in [0.4, 0.5) is 0 Å². The van der Waals surface area contributed by atoms with Crippen LogP contribution in [0.1, 0.15) is 20.3 Å². The minimum atomic E-state index is -0.431. The van der Waals surface area contributed by atoms with Crippen molar-refractivity contribution in [1.29, 1.82) is 0 Å². The molecule has 1 fully saturated rings. The number of nitrogens with zero attached hydrogens (tertiary/aromatic N) is 1. The van der Waals surface area contributed by atoms with Gasteiger partial charge in [0.05, 0.1) is 13.1 Å². The smallest absolute Gasteiger partial charge is 0.327 e. The lowest BCUT2D eigenvalue weighted by Crippen LogP contribution is -2.44.